The number of carbonyl (C=O) groups excluding carboxylic acids is 1. The van der Waals surface area contributed by atoms with Crippen molar-refractivity contribution in [2.45, 2.75) is 20.3 Å². The monoisotopic (exact) mass is 245 g/mol. The molecule has 0 atom stereocenters. The maximum atomic E-state index is 11.3. The fourth-order valence-electron chi connectivity index (χ4n) is 2.03. The van der Waals surface area contributed by atoms with E-state index in [9.17, 15) is 4.79 Å². The first-order chi connectivity index (χ1) is 8.70. The quantitative estimate of drug-likeness (QED) is 0.761. The van der Waals surface area contributed by atoms with Crippen LogP contribution in [0.25, 0.3) is 10.9 Å². The number of aromatic nitrogens is 1. The van der Waals surface area contributed by atoms with Crippen LogP contribution in [0.3, 0.4) is 0 Å². The van der Waals surface area contributed by atoms with Gasteiger partial charge in [0.05, 0.1) is 0 Å². The molecule has 18 heavy (non-hydrogen) atoms. The van der Waals surface area contributed by atoms with Crippen LogP contribution in [0.5, 0.6) is 0 Å². The number of urea groups is 1. The molecule has 0 radical (unpaired) electrons. The lowest BCUT2D eigenvalue weighted by Crippen LogP contribution is -2.36. The lowest BCUT2D eigenvalue weighted by molar-refractivity contribution is 0.241. The van der Waals surface area contributed by atoms with Crippen LogP contribution in [0.4, 0.5) is 4.79 Å². The molecule has 0 bridgehead atoms. The molecule has 2 aromatic rings. The third-order valence-electron chi connectivity index (χ3n) is 2.94. The van der Waals surface area contributed by atoms with E-state index in [1.165, 1.54) is 16.5 Å². The van der Waals surface area contributed by atoms with Crippen molar-refractivity contribution in [3.8, 4) is 0 Å². The molecule has 0 aliphatic carbocycles. The van der Waals surface area contributed by atoms with Crippen molar-refractivity contribution in [1.29, 1.82) is 0 Å². The van der Waals surface area contributed by atoms with Crippen LogP contribution in [-0.2, 0) is 6.42 Å². The molecule has 2 rings (SSSR count). The molecule has 4 heteroatoms. The number of rotatable bonds is 4. The summed E-state index contributed by atoms with van der Waals surface area (Å²) in [5, 5.41) is 6.79. The Morgan fingerprint density at radius 2 is 2.17 bits per heavy atom. The number of aromatic amines is 1. The molecule has 0 saturated heterocycles. The average Bonchev–Trinajstić information content (AvgIpc) is 2.72. The molecule has 1 heterocycles. The average molecular weight is 245 g/mol. The SMILES string of the molecule is CCNC(=O)NCCc1c[nH]c2ccc(C)cc12. The highest BCUT2D eigenvalue weighted by molar-refractivity contribution is 5.84. The number of benzene rings is 1. The molecule has 0 saturated carbocycles. The minimum Gasteiger partial charge on any atom is -0.361 e. The molecule has 4 nitrogen and oxygen atoms in total. The van der Waals surface area contributed by atoms with Crippen molar-refractivity contribution in [2.75, 3.05) is 13.1 Å². The molecule has 2 amide bonds. The van der Waals surface area contributed by atoms with Gasteiger partial charge in [-0.25, -0.2) is 4.79 Å². The first-order valence-corrected chi connectivity index (χ1v) is 6.29. The Morgan fingerprint density at radius 3 is 2.94 bits per heavy atom. The smallest absolute Gasteiger partial charge is 0.314 e. The molecule has 96 valence electrons. The van der Waals surface area contributed by atoms with Gasteiger partial charge in [0.15, 0.2) is 0 Å². The van der Waals surface area contributed by atoms with E-state index >= 15 is 0 Å². The highest BCUT2D eigenvalue weighted by atomic mass is 16.2. The summed E-state index contributed by atoms with van der Waals surface area (Å²) >= 11 is 0. The third kappa shape index (κ3) is 2.83. The normalized spacial score (nSPS) is 10.6. The fourth-order valence-corrected chi connectivity index (χ4v) is 2.03. The standard InChI is InChI=1S/C14H19N3O/c1-3-15-14(18)16-7-6-11-9-17-13-5-4-10(2)8-12(11)13/h4-5,8-9,17H,3,6-7H2,1-2H3,(H2,15,16,18). The predicted octanol–water partition coefficient (Wildman–Crippen LogP) is 2.34. The molecule has 0 aliphatic heterocycles. The molecule has 0 unspecified atom stereocenters. The summed E-state index contributed by atoms with van der Waals surface area (Å²) < 4.78 is 0. The van der Waals surface area contributed by atoms with Gasteiger partial charge in [-0.1, -0.05) is 11.6 Å². The minimum atomic E-state index is -0.103. The molecular formula is C14H19N3O. The summed E-state index contributed by atoms with van der Waals surface area (Å²) in [5.41, 5.74) is 3.64. The highest BCUT2D eigenvalue weighted by Gasteiger charge is 2.04. The minimum absolute atomic E-state index is 0.103. The number of amides is 2. The van der Waals surface area contributed by atoms with Crippen LogP contribution in [-0.4, -0.2) is 24.1 Å². The number of H-pyrrole nitrogens is 1. The summed E-state index contributed by atoms with van der Waals surface area (Å²) in [4.78, 5) is 14.5. The van der Waals surface area contributed by atoms with Crippen LogP contribution in [0.1, 0.15) is 18.1 Å². The summed E-state index contributed by atoms with van der Waals surface area (Å²) in [7, 11) is 0. The van der Waals surface area contributed by atoms with E-state index in [-0.39, 0.29) is 6.03 Å². The topological polar surface area (TPSA) is 56.9 Å². The Balaban J connectivity index is 1.99. The number of hydrogen-bond donors (Lipinski definition) is 3. The third-order valence-corrected chi connectivity index (χ3v) is 2.94. The number of nitrogens with one attached hydrogen (secondary N) is 3. The van der Waals surface area contributed by atoms with E-state index in [1.54, 1.807) is 0 Å². The van der Waals surface area contributed by atoms with E-state index in [1.807, 2.05) is 13.1 Å². The zero-order valence-corrected chi connectivity index (χ0v) is 10.8. The second kappa shape index (κ2) is 5.58. The van der Waals surface area contributed by atoms with Crippen LogP contribution in [0, 0.1) is 6.92 Å². The van der Waals surface area contributed by atoms with E-state index in [0.717, 1.165) is 11.9 Å². The first-order valence-electron chi connectivity index (χ1n) is 6.29. The fraction of sp³-hybridized carbons (Fsp3) is 0.357. The van der Waals surface area contributed by atoms with Gasteiger partial charge in [0.1, 0.15) is 0 Å². The molecule has 0 spiro atoms. The van der Waals surface area contributed by atoms with Crippen molar-refractivity contribution in [3.63, 3.8) is 0 Å². The summed E-state index contributed by atoms with van der Waals surface area (Å²) in [6.07, 6.45) is 2.85. The van der Waals surface area contributed by atoms with E-state index in [4.69, 9.17) is 0 Å². The predicted molar refractivity (Wildman–Crippen MR) is 73.8 cm³/mol. The number of hydrogen-bond acceptors (Lipinski definition) is 1. The Bertz CT molecular complexity index is 545. The zero-order valence-electron chi connectivity index (χ0n) is 10.8. The summed E-state index contributed by atoms with van der Waals surface area (Å²) in [6, 6.07) is 6.25. The molecule has 1 aromatic heterocycles. The van der Waals surface area contributed by atoms with Gasteiger partial charge in [0, 0.05) is 30.2 Å². The van der Waals surface area contributed by atoms with Crippen molar-refractivity contribution in [1.82, 2.24) is 15.6 Å². The maximum absolute atomic E-state index is 11.3. The number of aryl methyl sites for hydroxylation is 1. The highest BCUT2D eigenvalue weighted by Crippen LogP contribution is 2.19. The maximum Gasteiger partial charge on any atom is 0.314 e. The summed E-state index contributed by atoms with van der Waals surface area (Å²) in [6.45, 7) is 5.29. The van der Waals surface area contributed by atoms with Gasteiger partial charge in [0.2, 0.25) is 0 Å². The molecule has 1 aromatic carbocycles. The van der Waals surface area contributed by atoms with E-state index < -0.39 is 0 Å². The summed E-state index contributed by atoms with van der Waals surface area (Å²) in [5.74, 6) is 0. The second-order valence-corrected chi connectivity index (χ2v) is 4.40. The Kier molecular flexibility index (Phi) is 3.87. The van der Waals surface area contributed by atoms with Crippen LogP contribution >= 0.6 is 0 Å². The van der Waals surface area contributed by atoms with Gasteiger partial charge in [0.25, 0.3) is 0 Å². The Labute approximate surface area is 107 Å². The molecule has 0 aliphatic rings. The van der Waals surface area contributed by atoms with Crippen molar-refractivity contribution >= 4 is 16.9 Å². The van der Waals surface area contributed by atoms with Crippen molar-refractivity contribution in [3.05, 3.63) is 35.5 Å². The number of fused-ring (bicyclic) bond motifs is 1. The van der Waals surface area contributed by atoms with Crippen LogP contribution in [0.2, 0.25) is 0 Å². The first kappa shape index (κ1) is 12.5. The van der Waals surface area contributed by atoms with Crippen LogP contribution < -0.4 is 10.6 Å². The largest absolute Gasteiger partial charge is 0.361 e. The van der Waals surface area contributed by atoms with Crippen molar-refractivity contribution < 1.29 is 4.79 Å². The molecule has 0 fully saturated rings. The van der Waals surface area contributed by atoms with Gasteiger partial charge in [-0.2, -0.15) is 0 Å². The van der Waals surface area contributed by atoms with Crippen molar-refractivity contribution in [2.24, 2.45) is 0 Å². The zero-order chi connectivity index (χ0) is 13.0. The molecular weight excluding hydrogens is 226 g/mol. The van der Waals surface area contributed by atoms with Gasteiger partial charge >= 0.3 is 6.03 Å². The van der Waals surface area contributed by atoms with Crippen LogP contribution in [0.15, 0.2) is 24.4 Å². The van der Waals surface area contributed by atoms with Gasteiger partial charge in [-0.3, -0.25) is 0 Å². The molecule has 3 N–H and O–H groups in total. The lowest BCUT2D eigenvalue weighted by Gasteiger charge is -2.05. The number of carbonyl (C=O) groups is 1. The lowest BCUT2D eigenvalue weighted by atomic mass is 10.1. The van der Waals surface area contributed by atoms with E-state index in [0.29, 0.717) is 13.1 Å². The van der Waals surface area contributed by atoms with E-state index in [2.05, 4.69) is 40.7 Å². The Hall–Kier alpha value is -1.97. The van der Waals surface area contributed by atoms with Gasteiger partial charge < -0.3 is 15.6 Å². The van der Waals surface area contributed by atoms with Gasteiger partial charge in [-0.15, -0.1) is 0 Å². The second-order valence-electron chi connectivity index (χ2n) is 4.40. The Morgan fingerprint density at radius 1 is 1.33 bits per heavy atom. The van der Waals surface area contributed by atoms with Gasteiger partial charge in [-0.05, 0) is 38.0 Å².